The van der Waals surface area contributed by atoms with Crippen LogP contribution in [0.1, 0.15) is 12.0 Å². The fourth-order valence-electron chi connectivity index (χ4n) is 6.83. The van der Waals surface area contributed by atoms with Crippen LogP contribution in [0.2, 0.25) is 0 Å². The van der Waals surface area contributed by atoms with Crippen LogP contribution in [0, 0.1) is 11.8 Å². The SMILES string of the molecule is COc1ccc(NC(=O)C2N([C@@H](CO)Cc3ccccc3)C(=O)[C@@H]3[C@@H](C(=O)Nc4ccccc4)[C@@H]4OC23CC4Br)cc1. The van der Waals surface area contributed by atoms with Crippen molar-refractivity contribution in [2.24, 2.45) is 11.8 Å². The minimum atomic E-state index is -1.25. The monoisotopic (exact) mass is 633 g/mol. The number of hydrogen-bond donors (Lipinski definition) is 3. The lowest BCUT2D eigenvalue weighted by Crippen LogP contribution is -2.57. The molecule has 7 atom stereocenters. The number of halogens is 1. The molecule has 3 aromatic carbocycles. The van der Waals surface area contributed by atoms with Crippen molar-refractivity contribution in [3.63, 3.8) is 0 Å². The average Bonchev–Trinajstić information content (AvgIpc) is 3.60. The molecule has 10 heteroatoms. The molecule has 2 bridgehead atoms. The maximum atomic E-state index is 14.4. The normalized spacial score (nSPS) is 28.3. The number of amides is 3. The van der Waals surface area contributed by atoms with E-state index in [2.05, 4.69) is 26.6 Å². The highest BCUT2D eigenvalue weighted by atomic mass is 79.9. The summed E-state index contributed by atoms with van der Waals surface area (Å²) < 4.78 is 11.8. The predicted octanol–water partition coefficient (Wildman–Crippen LogP) is 3.62. The van der Waals surface area contributed by atoms with Gasteiger partial charge in [-0.2, -0.15) is 0 Å². The van der Waals surface area contributed by atoms with Gasteiger partial charge in [0, 0.05) is 16.2 Å². The summed E-state index contributed by atoms with van der Waals surface area (Å²) in [6, 6.07) is 23.7. The number of rotatable bonds is 9. The van der Waals surface area contributed by atoms with Crippen LogP contribution in [-0.4, -0.2) is 70.1 Å². The summed E-state index contributed by atoms with van der Waals surface area (Å²) in [5, 5.41) is 16.5. The van der Waals surface area contributed by atoms with Crippen molar-refractivity contribution in [2.45, 2.75) is 41.5 Å². The molecule has 3 amide bonds. The first-order chi connectivity index (χ1) is 20.4. The Morgan fingerprint density at radius 1 is 1.00 bits per heavy atom. The maximum absolute atomic E-state index is 14.4. The quantitative estimate of drug-likeness (QED) is 0.310. The van der Waals surface area contributed by atoms with E-state index in [1.807, 2.05) is 48.5 Å². The first-order valence-electron chi connectivity index (χ1n) is 14.0. The highest BCUT2D eigenvalue weighted by Gasteiger charge is 2.77. The van der Waals surface area contributed by atoms with Gasteiger partial charge in [-0.3, -0.25) is 14.4 Å². The molecule has 0 aromatic heterocycles. The second-order valence-corrected chi connectivity index (χ2v) is 12.2. The van der Waals surface area contributed by atoms with Gasteiger partial charge in [0.05, 0.1) is 37.7 Å². The number of benzene rings is 3. The average molecular weight is 635 g/mol. The molecule has 0 aliphatic carbocycles. The van der Waals surface area contributed by atoms with E-state index < -0.39 is 41.5 Å². The molecule has 3 heterocycles. The lowest BCUT2D eigenvalue weighted by Gasteiger charge is -2.37. The number of aliphatic hydroxyl groups excluding tert-OH is 1. The topological polar surface area (TPSA) is 117 Å². The van der Waals surface area contributed by atoms with E-state index in [1.54, 1.807) is 43.5 Å². The number of anilines is 2. The zero-order valence-corrected chi connectivity index (χ0v) is 24.6. The number of hydrogen-bond acceptors (Lipinski definition) is 6. The van der Waals surface area contributed by atoms with Crippen molar-refractivity contribution in [3.8, 4) is 5.75 Å². The number of fused-ring (bicyclic) bond motifs is 1. The summed E-state index contributed by atoms with van der Waals surface area (Å²) in [5.74, 6) is -2.22. The van der Waals surface area contributed by atoms with E-state index in [-0.39, 0.29) is 23.2 Å². The Labute approximate surface area is 252 Å². The summed E-state index contributed by atoms with van der Waals surface area (Å²) in [6.45, 7) is -0.363. The third-order valence-electron chi connectivity index (χ3n) is 8.60. The lowest BCUT2D eigenvalue weighted by molar-refractivity contribution is -0.143. The highest BCUT2D eigenvalue weighted by molar-refractivity contribution is 9.09. The fraction of sp³-hybridized carbons (Fsp3) is 0.344. The molecule has 6 rings (SSSR count). The van der Waals surface area contributed by atoms with E-state index in [1.165, 1.54) is 4.90 Å². The lowest BCUT2D eigenvalue weighted by atomic mass is 9.70. The number of nitrogens with zero attached hydrogens (tertiary/aromatic N) is 1. The van der Waals surface area contributed by atoms with E-state index in [0.717, 1.165) is 5.56 Å². The Bertz CT molecular complexity index is 1460. The first kappa shape index (κ1) is 28.4. The third-order valence-corrected chi connectivity index (χ3v) is 9.44. The molecule has 0 saturated carbocycles. The number of carbonyl (C=O) groups is 3. The second-order valence-electron chi connectivity index (χ2n) is 11.0. The number of methoxy groups -OCH3 is 1. The summed E-state index contributed by atoms with van der Waals surface area (Å²) >= 11 is 3.70. The van der Waals surface area contributed by atoms with Gasteiger partial charge in [0.2, 0.25) is 17.7 Å². The molecule has 3 saturated heterocycles. The molecule has 3 unspecified atom stereocenters. The third kappa shape index (κ3) is 4.87. The van der Waals surface area contributed by atoms with Crippen LogP contribution in [0.5, 0.6) is 5.75 Å². The van der Waals surface area contributed by atoms with Gasteiger partial charge in [0.25, 0.3) is 0 Å². The number of nitrogens with one attached hydrogen (secondary N) is 2. The minimum absolute atomic E-state index is 0.244. The molecular weight excluding hydrogens is 602 g/mol. The minimum Gasteiger partial charge on any atom is -0.497 e. The molecule has 42 heavy (non-hydrogen) atoms. The fourth-order valence-corrected chi connectivity index (χ4v) is 7.77. The van der Waals surface area contributed by atoms with Gasteiger partial charge in [-0.1, -0.05) is 64.5 Å². The molecule has 3 aromatic rings. The highest BCUT2D eigenvalue weighted by Crippen LogP contribution is 2.60. The smallest absolute Gasteiger partial charge is 0.250 e. The zero-order chi connectivity index (χ0) is 29.4. The van der Waals surface area contributed by atoms with Gasteiger partial charge in [-0.05, 0) is 54.8 Å². The van der Waals surface area contributed by atoms with Crippen molar-refractivity contribution in [2.75, 3.05) is 24.4 Å². The molecule has 0 radical (unpaired) electrons. The molecule has 9 nitrogen and oxygen atoms in total. The molecule has 1 spiro atoms. The van der Waals surface area contributed by atoms with Crippen LogP contribution in [-0.2, 0) is 25.5 Å². The summed E-state index contributed by atoms with van der Waals surface area (Å²) in [4.78, 5) is 43.6. The van der Waals surface area contributed by atoms with E-state index in [0.29, 0.717) is 30.0 Å². The molecule has 218 valence electrons. The van der Waals surface area contributed by atoms with Crippen molar-refractivity contribution in [3.05, 3.63) is 90.5 Å². The van der Waals surface area contributed by atoms with Gasteiger partial charge < -0.3 is 30.1 Å². The summed E-state index contributed by atoms with van der Waals surface area (Å²) in [5.41, 5.74) is 0.793. The largest absolute Gasteiger partial charge is 0.497 e. The molecule has 3 aliphatic rings. The van der Waals surface area contributed by atoms with Gasteiger partial charge in [-0.25, -0.2) is 0 Å². The zero-order valence-electron chi connectivity index (χ0n) is 23.0. The van der Waals surface area contributed by atoms with E-state index in [9.17, 15) is 19.5 Å². The standard InChI is InChI=1S/C32H32BrN3O6/c1-41-23-14-12-21(13-15-23)35-30(39)28-32-17-24(33)27(42-32)25(29(38)34-20-10-6-3-7-11-20)26(32)31(40)36(28)22(18-37)16-19-8-4-2-5-9-19/h2-15,22,24-28,37H,16-18H2,1H3,(H,34,38)(H,35,39)/t22-,24?,25-,26+,27-,28?,32?/m1/s1. The van der Waals surface area contributed by atoms with Crippen molar-refractivity contribution >= 4 is 45.0 Å². The van der Waals surface area contributed by atoms with Gasteiger partial charge >= 0.3 is 0 Å². The summed E-state index contributed by atoms with van der Waals surface area (Å²) in [7, 11) is 1.56. The van der Waals surface area contributed by atoms with E-state index in [4.69, 9.17) is 9.47 Å². The Hall–Kier alpha value is -3.73. The predicted molar refractivity (Wildman–Crippen MR) is 160 cm³/mol. The van der Waals surface area contributed by atoms with Crippen LogP contribution in [0.4, 0.5) is 11.4 Å². The Balaban J connectivity index is 1.38. The molecule has 3 N–H and O–H groups in total. The number of aliphatic hydroxyl groups is 1. The van der Waals surface area contributed by atoms with Crippen molar-refractivity contribution < 1.29 is 29.0 Å². The van der Waals surface area contributed by atoms with Crippen LogP contribution < -0.4 is 15.4 Å². The molecular formula is C32H32BrN3O6. The maximum Gasteiger partial charge on any atom is 0.250 e. The van der Waals surface area contributed by atoms with Crippen LogP contribution >= 0.6 is 15.9 Å². The Morgan fingerprint density at radius 3 is 2.26 bits per heavy atom. The number of alkyl halides is 1. The number of likely N-dealkylation sites (tertiary alicyclic amines) is 1. The number of carbonyl (C=O) groups excluding carboxylic acids is 3. The Morgan fingerprint density at radius 2 is 1.62 bits per heavy atom. The van der Waals surface area contributed by atoms with Gasteiger partial charge in [0.1, 0.15) is 17.4 Å². The van der Waals surface area contributed by atoms with Gasteiger partial charge in [-0.15, -0.1) is 0 Å². The van der Waals surface area contributed by atoms with Crippen molar-refractivity contribution in [1.82, 2.24) is 4.90 Å². The molecule has 3 aliphatic heterocycles. The second kappa shape index (κ2) is 11.5. The van der Waals surface area contributed by atoms with Crippen molar-refractivity contribution in [1.29, 1.82) is 0 Å². The number of para-hydroxylation sites is 1. The first-order valence-corrected chi connectivity index (χ1v) is 14.9. The summed E-state index contributed by atoms with van der Waals surface area (Å²) in [6.07, 6.45) is 0.104. The van der Waals surface area contributed by atoms with Crippen LogP contribution in [0.15, 0.2) is 84.9 Å². The van der Waals surface area contributed by atoms with Crippen LogP contribution in [0.25, 0.3) is 0 Å². The molecule has 3 fully saturated rings. The van der Waals surface area contributed by atoms with Gasteiger partial charge in [0.15, 0.2) is 0 Å². The Kier molecular flexibility index (Phi) is 7.78. The number of ether oxygens (including phenoxy) is 2. The van der Waals surface area contributed by atoms with E-state index >= 15 is 0 Å². The van der Waals surface area contributed by atoms with Crippen LogP contribution in [0.3, 0.4) is 0 Å².